The van der Waals surface area contributed by atoms with Crippen molar-refractivity contribution in [3.05, 3.63) is 65.5 Å². The normalized spacial score (nSPS) is 10.6. The Kier molecular flexibility index (Phi) is 7.92. The van der Waals surface area contributed by atoms with Crippen molar-refractivity contribution >= 4 is 18.0 Å². The zero-order valence-electron chi connectivity index (χ0n) is 14.8. The molecule has 2 rings (SSSR count). The maximum absolute atomic E-state index is 12.9. The van der Waals surface area contributed by atoms with E-state index in [1.807, 2.05) is 0 Å². The van der Waals surface area contributed by atoms with Crippen molar-refractivity contribution in [3.8, 4) is 5.75 Å². The number of amides is 2. The number of carbonyl (C=O) groups excluding carboxylic acids is 2. The van der Waals surface area contributed by atoms with E-state index >= 15 is 0 Å². The summed E-state index contributed by atoms with van der Waals surface area (Å²) in [6.07, 6.45) is 1.41. The molecule has 142 valence electrons. The van der Waals surface area contributed by atoms with Crippen LogP contribution in [0, 0.1) is 5.82 Å². The molecular weight excluding hydrogens is 353 g/mol. The molecule has 0 heterocycles. The molecule has 7 nitrogen and oxygen atoms in total. The van der Waals surface area contributed by atoms with Crippen molar-refractivity contribution in [1.82, 2.24) is 10.7 Å². The van der Waals surface area contributed by atoms with Crippen molar-refractivity contribution in [1.29, 1.82) is 0 Å². The summed E-state index contributed by atoms with van der Waals surface area (Å²) in [6.45, 7) is 0.881. The molecule has 2 N–H and O–H groups in total. The third kappa shape index (κ3) is 7.25. The molecule has 0 spiro atoms. The first-order valence-corrected chi connectivity index (χ1v) is 8.16. The van der Waals surface area contributed by atoms with Crippen LogP contribution in [-0.4, -0.2) is 38.3 Å². The summed E-state index contributed by atoms with van der Waals surface area (Å²) in [5.74, 6) is -1.30. The first-order valence-electron chi connectivity index (χ1n) is 8.16. The van der Waals surface area contributed by atoms with E-state index in [9.17, 15) is 14.0 Å². The number of nitrogens with one attached hydrogen (secondary N) is 2. The maximum Gasteiger partial charge on any atom is 0.329 e. The van der Waals surface area contributed by atoms with Gasteiger partial charge >= 0.3 is 11.8 Å². The molecule has 0 fully saturated rings. The van der Waals surface area contributed by atoms with Gasteiger partial charge < -0.3 is 14.8 Å². The van der Waals surface area contributed by atoms with Crippen LogP contribution in [0.3, 0.4) is 0 Å². The fourth-order valence-electron chi connectivity index (χ4n) is 1.96. The molecule has 8 heteroatoms. The molecule has 0 aromatic heterocycles. The van der Waals surface area contributed by atoms with Gasteiger partial charge in [0.2, 0.25) is 0 Å². The summed E-state index contributed by atoms with van der Waals surface area (Å²) in [5.41, 5.74) is 3.71. The van der Waals surface area contributed by atoms with Gasteiger partial charge in [0.05, 0.1) is 12.8 Å². The largest absolute Gasteiger partial charge is 0.489 e. The van der Waals surface area contributed by atoms with E-state index in [2.05, 4.69) is 15.8 Å². The number of hydrogen-bond acceptors (Lipinski definition) is 5. The number of ether oxygens (including phenoxy) is 2. The van der Waals surface area contributed by atoms with E-state index in [1.54, 1.807) is 36.4 Å². The molecule has 0 aliphatic heterocycles. The minimum atomic E-state index is -0.860. The molecule has 2 aromatic carbocycles. The minimum absolute atomic E-state index is 0.242. The summed E-state index contributed by atoms with van der Waals surface area (Å²) < 4.78 is 23.2. The average molecular weight is 373 g/mol. The van der Waals surface area contributed by atoms with E-state index in [0.29, 0.717) is 24.5 Å². The van der Waals surface area contributed by atoms with Gasteiger partial charge in [0.1, 0.15) is 18.2 Å². The molecule has 0 aliphatic rings. The monoisotopic (exact) mass is 373 g/mol. The van der Waals surface area contributed by atoms with E-state index in [1.165, 1.54) is 25.5 Å². The Balaban J connectivity index is 1.77. The second kappa shape index (κ2) is 10.7. The van der Waals surface area contributed by atoms with E-state index in [-0.39, 0.29) is 12.4 Å². The summed E-state index contributed by atoms with van der Waals surface area (Å²) in [6, 6.07) is 13.0. The van der Waals surface area contributed by atoms with E-state index in [4.69, 9.17) is 9.47 Å². The van der Waals surface area contributed by atoms with Gasteiger partial charge in [0.15, 0.2) is 0 Å². The molecule has 0 aliphatic carbocycles. The highest BCUT2D eigenvalue weighted by molar-refractivity contribution is 6.35. The smallest absolute Gasteiger partial charge is 0.329 e. The van der Waals surface area contributed by atoms with Gasteiger partial charge in [-0.1, -0.05) is 12.1 Å². The lowest BCUT2D eigenvalue weighted by atomic mass is 10.2. The molecule has 2 amide bonds. The van der Waals surface area contributed by atoms with Gasteiger partial charge in [-0.15, -0.1) is 0 Å². The van der Waals surface area contributed by atoms with Crippen LogP contribution in [0.4, 0.5) is 4.39 Å². The van der Waals surface area contributed by atoms with Crippen molar-refractivity contribution in [3.63, 3.8) is 0 Å². The van der Waals surface area contributed by atoms with Crippen molar-refractivity contribution in [2.75, 3.05) is 20.3 Å². The highest BCUT2D eigenvalue weighted by Gasteiger charge is 2.11. The Bertz CT molecular complexity index is 777. The van der Waals surface area contributed by atoms with Gasteiger partial charge in [-0.05, 0) is 47.5 Å². The Morgan fingerprint density at radius 1 is 1.07 bits per heavy atom. The molecule has 0 radical (unpaired) electrons. The number of carbonyl (C=O) groups is 2. The third-order valence-corrected chi connectivity index (χ3v) is 3.38. The quantitative estimate of drug-likeness (QED) is 0.318. The Morgan fingerprint density at radius 3 is 2.44 bits per heavy atom. The van der Waals surface area contributed by atoms with Crippen molar-refractivity contribution in [2.24, 2.45) is 5.10 Å². The number of nitrogens with zero attached hydrogens (tertiary/aromatic N) is 1. The highest BCUT2D eigenvalue weighted by atomic mass is 19.1. The van der Waals surface area contributed by atoms with Gasteiger partial charge in [0.25, 0.3) is 0 Å². The van der Waals surface area contributed by atoms with Crippen LogP contribution in [0.2, 0.25) is 0 Å². The molecule has 0 bridgehead atoms. The molecular formula is C19H20FN3O4. The minimum Gasteiger partial charge on any atom is -0.489 e. The predicted molar refractivity (Wildman–Crippen MR) is 97.8 cm³/mol. The topological polar surface area (TPSA) is 89.0 Å². The highest BCUT2D eigenvalue weighted by Crippen LogP contribution is 2.13. The van der Waals surface area contributed by atoms with Crippen LogP contribution in [0.25, 0.3) is 0 Å². The third-order valence-electron chi connectivity index (χ3n) is 3.38. The number of hydrogen-bond donors (Lipinski definition) is 2. The van der Waals surface area contributed by atoms with Gasteiger partial charge in [-0.2, -0.15) is 5.10 Å². The average Bonchev–Trinajstić information content (AvgIpc) is 2.68. The summed E-state index contributed by atoms with van der Waals surface area (Å²) >= 11 is 0. The SMILES string of the molecule is COCCNC(=O)C(=O)N/N=C/c1ccc(OCc2ccc(F)cc2)cc1. The lowest BCUT2D eigenvalue weighted by molar-refractivity contribution is -0.139. The van der Waals surface area contributed by atoms with E-state index in [0.717, 1.165) is 5.56 Å². The molecule has 0 saturated heterocycles. The van der Waals surface area contributed by atoms with Crippen LogP contribution < -0.4 is 15.5 Å². The second-order valence-electron chi connectivity index (χ2n) is 5.43. The zero-order valence-corrected chi connectivity index (χ0v) is 14.8. The second-order valence-corrected chi connectivity index (χ2v) is 5.43. The van der Waals surface area contributed by atoms with Gasteiger partial charge in [-0.25, -0.2) is 9.82 Å². The first-order chi connectivity index (χ1) is 13.1. The summed E-state index contributed by atoms with van der Waals surface area (Å²) in [7, 11) is 1.50. The lowest BCUT2D eigenvalue weighted by Gasteiger charge is -2.06. The van der Waals surface area contributed by atoms with Crippen LogP contribution >= 0.6 is 0 Å². The Labute approximate surface area is 156 Å². The standard InChI is InChI=1S/C19H20FN3O4/c1-26-11-10-21-18(24)19(25)23-22-12-14-4-8-17(9-5-14)27-13-15-2-6-16(20)7-3-15/h2-9,12H,10-11,13H2,1H3,(H,21,24)(H,23,25)/b22-12+. The number of rotatable bonds is 8. The van der Waals surface area contributed by atoms with Crippen molar-refractivity contribution in [2.45, 2.75) is 6.61 Å². The number of methoxy groups -OCH3 is 1. The molecule has 0 saturated carbocycles. The molecule has 0 atom stereocenters. The fraction of sp³-hybridized carbons (Fsp3) is 0.211. The molecule has 2 aromatic rings. The molecule has 0 unspecified atom stereocenters. The van der Waals surface area contributed by atoms with Crippen LogP contribution in [-0.2, 0) is 20.9 Å². The maximum atomic E-state index is 12.9. The Morgan fingerprint density at radius 2 is 1.78 bits per heavy atom. The van der Waals surface area contributed by atoms with Crippen LogP contribution in [0.1, 0.15) is 11.1 Å². The van der Waals surface area contributed by atoms with Crippen LogP contribution in [0.5, 0.6) is 5.75 Å². The van der Waals surface area contributed by atoms with Crippen molar-refractivity contribution < 1.29 is 23.5 Å². The number of benzene rings is 2. The summed E-state index contributed by atoms with van der Waals surface area (Å²) in [5, 5.41) is 6.11. The van der Waals surface area contributed by atoms with Gasteiger partial charge in [0, 0.05) is 13.7 Å². The number of hydrazone groups is 1. The lowest BCUT2D eigenvalue weighted by Crippen LogP contribution is -2.39. The fourth-order valence-corrected chi connectivity index (χ4v) is 1.96. The van der Waals surface area contributed by atoms with Crippen LogP contribution in [0.15, 0.2) is 53.6 Å². The predicted octanol–water partition coefficient (Wildman–Crippen LogP) is 1.62. The number of halogens is 1. The Hall–Kier alpha value is -3.26. The summed E-state index contributed by atoms with van der Waals surface area (Å²) in [4.78, 5) is 22.9. The molecule has 27 heavy (non-hydrogen) atoms. The van der Waals surface area contributed by atoms with E-state index < -0.39 is 11.8 Å². The van der Waals surface area contributed by atoms with Gasteiger partial charge in [-0.3, -0.25) is 9.59 Å². The first kappa shape index (κ1) is 20.1. The zero-order chi connectivity index (χ0) is 19.5.